The third-order valence-corrected chi connectivity index (χ3v) is 6.82. The predicted molar refractivity (Wildman–Crippen MR) is 127 cm³/mol. The van der Waals surface area contributed by atoms with Crippen LogP contribution in [0.3, 0.4) is 0 Å². The molecule has 2 heterocycles. The van der Waals surface area contributed by atoms with Crippen LogP contribution < -0.4 is 14.8 Å². The van der Waals surface area contributed by atoms with Crippen LogP contribution in [0, 0.1) is 0 Å². The van der Waals surface area contributed by atoms with Crippen LogP contribution in [0.5, 0.6) is 5.75 Å². The zero-order valence-electron chi connectivity index (χ0n) is 18.6. The maximum atomic E-state index is 12.7. The Morgan fingerprint density at radius 2 is 1.97 bits per heavy atom. The lowest BCUT2D eigenvalue weighted by molar-refractivity contribution is 0.0950. The molecule has 3 aromatic rings. The second-order valence-corrected chi connectivity index (χ2v) is 9.72. The second kappa shape index (κ2) is 11.2. The van der Waals surface area contributed by atoms with Crippen LogP contribution in [0.4, 0.5) is 0 Å². The molecule has 8 nitrogen and oxygen atoms in total. The first-order valence-electron chi connectivity index (χ1n) is 11.1. The number of carbonyl (C=O) groups is 1. The lowest BCUT2D eigenvalue weighted by Gasteiger charge is -2.12. The number of sulfonamides is 1. The van der Waals surface area contributed by atoms with Crippen molar-refractivity contribution in [2.45, 2.75) is 37.0 Å². The third kappa shape index (κ3) is 6.63. The van der Waals surface area contributed by atoms with E-state index >= 15 is 0 Å². The van der Waals surface area contributed by atoms with Gasteiger partial charge in [0, 0.05) is 31.5 Å². The number of carbonyl (C=O) groups excluding carboxylic acids is 1. The van der Waals surface area contributed by atoms with Crippen LogP contribution in [0.1, 0.15) is 34.5 Å². The minimum atomic E-state index is -3.74. The standard InChI is InChI=1S/C25H27N3O5S/c29-25(20-7-4-11-24(15-20)34(30,31)28-17-23-10-5-13-32-23)27-16-19-6-3-9-22(14-19)33-18-21-8-1-2-12-26-21/h1-4,6-9,11-12,14-15,23,28H,5,10,13,16-18H2,(H,27,29). The molecule has 1 amide bonds. The van der Waals surface area contributed by atoms with Crippen LogP contribution in [0.2, 0.25) is 0 Å². The van der Waals surface area contributed by atoms with Gasteiger partial charge in [-0.1, -0.05) is 24.3 Å². The van der Waals surface area contributed by atoms with Crippen LogP contribution in [-0.2, 0) is 27.9 Å². The van der Waals surface area contributed by atoms with E-state index < -0.39 is 10.0 Å². The molecule has 0 spiro atoms. The van der Waals surface area contributed by atoms with E-state index in [1.165, 1.54) is 12.1 Å². The summed E-state index contributed by atoms with van der Waals surface area (Å²) in [6, 6.07) is 19.0. The zero-order valence-corrected chi connectivity index (χ0v) is 19.5. The predicted octanol–water partition coefficient (Wildman–Crippen LogP) is 3.05. The number of nitrogens with one attached hydrogen (secondary N) is 2. The summed E-state index contributed by atoms with van der Waals surface area (Å²) >= 11 is 0. The highest BCUT2D eigenvalue weighted by molar-refractivity contribution is 7.89. The van der Waals surface area contributed by atoms with E-state index in [1.54, 1.807) is 18.3 Å². The minimum Gasteiger partial charge on any atom is -0.487 e. The van der Waals surface area contributed by atoms with E-state index in [0.29, 0.717) is 19.0 Å². The van der Waals surface area contributed by atoms with E-state index in [0.717, 1.165) is 24.1 Å². The summed E-state index contributed by atoms with van der Waals surface area (Å²) < 4.78 is 39.1. The summed E-state index contributed by atoms with van der Waals surface area (Å²) in [6.07, 6.45) is 3.37. The van der Waals surface area contributed by atoms with Crippen molar-refractivity contribution in [2.24, 2.45) is 0 Å². The van der Waals surface area contributed by atoms with Crippen molar-refractivity contribution < 1.29 is 22.7 Å². The Kier molecular flexibility index (Phi) is 7.89. The largest absolute Gasteiger partial charge is 0.487 e. The molecular weight excluding hydrogens is 454 g/mol. The van der Waals surface area contributed by atoms with Gasteiger partial charge >= 0.3 is 0 Å². The molecule has 1 aliphatic rings. The van der Waals surface area contributed by atoms with Crippen molar-refractivity contribution in [1.29, 1.82) is 0 Å². The fourth-order valence-corrected chi connectivity index (χ4v) is 4.68. The molecule has 0 saturated carbocycles. The molecule has 0 radical (unpaired) electrons. The zero-order chi connectivity index (χ0) is 23.8. The summed E-state index contributed by atoms with van der Waals surface area (Å²) in [4.78, 5) is 16.9. The number of nitrogens with zero attached hydrogens (tertiary/aromatic N) is 1. The first kappa shape index (κ1) is 23.9. The Morgan fingerprint density at radius 1 is 1.09 bits per heavy atom. The topological polar surface area (TPSA) is 107 Å². The van der Waals surface area contributed by atoms with Crippen molar-refractivity contribution in [2.75, 3.05) is 13.2 Å². The van der Waals surface area contributed by atoms with Gasteiger partial charge in [-0.3, -0.25) is 9.78 Å². The molecule has 2 N–H and O–H groups in total. The van der Waals surface area contributed by atoms with Gasteiger partial charge in [-0.25, -0.2) is 13.1 Å². The number of hydrogen-bond acceptors (Lipinski definition) is 6. The fraction of sp³-hybridized carbons (Fsp3) is 0.280. The summed E-state index contributed by atoms with van der Waals surface area (Å²) in [7, 11) is -3.74. The van der Waals surface area contributed by atoms with Crippen LogP contribution in [0.25, 0.3) is 0 Å². The van der Waals surface area contributed by atoms with Gasteiger partial charge in [0.05, 0.1) is 16.7 Å². The van der Waals surface area contributed by atoms with Gasteiger partial charge in [0.25, 0.3) is 5.91 Å². The second-order valence-electron chi connectivity index (χ2n) is 7.95. The molecule has 0 bridgehead atoms. The summed E-state index contributed by atoms with van der Waals surface area (Å²) in [5.41, 5.74) is 1.94. The van der Waals surface area contributed by atoms with Crippen molar-refractivity contribution in [3.8, 4) is 5.75 Å². The van der Waals surface area contributed by atoms with Crippen molar-refractivity contribution in [3.05, 3.63) is 89.7 Å². The first-order chi connectivity index (χ1) is 16.5. The number of hydrogen-bond donors (Lipinski definition) is 2. The number of pyridine rings is 1. The van der Waals surface area contributed by atoms with Gasteiger partial charge in [-0.05, 0) is 60.9 Å². The van der Waals surface area contributed by atoms with Gasteiger partial charge in [0.2, 0.25) is 10.0 Å². The Morgan fingerprint density at radius 3 is 2.76 bits per heavy atom. The average Bonchev–Trinajstić information content (AvgIpc) is 3.40. The van der Waals surface area contributed by atoms with Gasteiger partial charge in [0.15, 0.2) is 0 Å². The molecule has 2 aromatic carbocycles. The first-order valence-corrected chi connectivity index (χ1v) is 12.6. The quantitative estimate of drug-likeness (QED) is 0.461. The number of benzene rings is 2. The van der Waals surface area contributed by atoms with Crippen LogP contribution in [-0.4, -0.2) is 38.6 Å². The van der Waals surface area contributed by atoms with Gasteiger partial charge in [0.1, 0.15) is 12.4 Å². The minimum absolute atomic E-state index is 0.0445. The molecule has 1 saturated heterocycles. The molecule has 9 heteroatoms. The molecule has 0 aliphatic carbocycles. The number of ether oxygens (including phenoxy) is 2. The summed E-state index contributed by atoms with van der Waals surface area (Å²) in [6.45, 7) is 1.49. The molecule has 1 atom stereocenters. The van der Waals surface area contributed by atoms with Crippen LogP contribution in [0.15, 0.2) is 77.8 Å². The number of amides is 1. The Balaban J connectivity index is 1.33. The Bertz CT molecular complexity index is 1210. The highest BCUT2D eigenvalue weighted by atomic mass is 32.2. The van der Waals surface area contributed by atoms with E-state index in [4.69, 9.17) is 9.47 Å². The highest BCUT2D eigenvalue weighted by Crippen LogP contribution is 2.16. The third-order valence-electron chi connectivity index (χ3n) is 5.40. The van der Waals surface area contributed by atoms with Crippen LogP contribution >= 0.6 is 0 Å². The number of rotatable bonds is 10. The number of aromatic nitrogens is 1. The van der Waals surface area contributed by atoms with Gasteiger partial charge in [-0.15, -0.1) is 0 Å². The normalized spacial score (nSPS) is 15.7. The molecule has 1 unspecified atom stereocenters. The van der Waals surface area contributed by atoms with Crippen molar-refractivity contribution in [3.63, 3.8) is 0 Å². The van der Waals surface area contributed by atoms with E-state index in [9.17, 15) is 13.2 Å². The molecule has 4 rings (SSSR count). The van der Waals surface area contributed by atoms with Gasteiger partial charge in [-0.2, -0.15) is 0 Å². The molecular formula is C25H27N3O5S. The Labute approximate surface area is 199 Å². The lowest BCUT2D eigenvalue weighted by atomic mass is 10.2. The van der Waals surface area contributed by atoms with E-state index in [2.05, 4.69) is 15.0 Å². The summed E-state index contributed by atoms with van der Waals surface area (Å²) in [5, 5.41) is 2.83. The maximum Gasteiger partial charge on any atom is 0.251 e. The molecule has 1 aromatic heterocycles. The monoisotopic (exact) mass is 481 g/mol. The molecule has 34 heavy (non-hydrogen) atoms. The van der Waals surface area contributed by atoms with Crippen molar-refractivity contribution in [1.82, 2.24) is 15.0 Å². The van der Waals surface area contributed by atoms with E-state index in [-0.39, 0.29) is 35.6 Å². The maximum absolute atomic E-state index is 12.7. The SMILES string of the molecule is O=C(NCc1cccc(OCc2ccccn2)c1)c1cccc(S(=O)(=O)NCC2CCCO2)c1. The lowest BCUT2D eigenvalue weighted by Crippen LogP contribution is -2.32. The molecule has 1 fully saturated rings. The van der Waals surface area contributed by atoms with E-state index in [1.807, 2.05) is 42.5 Å². The fourth-order valence-electron chi connectivity index (χ4n) is 3.57. The smallest absolute Gasteiger partial charge is 0.251 e. The average molecular weight is 482 g/mol. The molecule has 1 aliphatic heterocycles. The molecule has 178 valence electrons. The van der Waals surface area contributed by atoms with Gasteiger partial charge < -0.3 is 14.8 Å². The summed E-state index contributed by atoms with van der Waals surface area (Å²) in [5.74, 6) is 0.304. The van der Waals surface area contributed by atoms with Crippen molar-refractivity contribution >= 4 is 15.9 Å². The Hall–Kier alpha value is -3.27. The highest BCUT2D eigenvalue weighted by Gasteiger charge is 2.21.